The summed E-state index contributed by atoms with van der Waals surface area (Å²) in [5, 5.41) is 7.02. The Hall–Kier alpha value is -1.16. The molecule has 1 heterocycles. The molecular formula is C12H19N3S. The Kier molecular flexibility index (Phi) is 5.19. The van der Waals surface area contributed by atoms with Crippen molar-refractivity contribution >= 4 is 17.3 Å². The monoisotopic (exact) mass is 237 g/mol. The molecule has 0 radical (unpaired) electrons. The minimum atomic E-state index is 0.598. The van der Waals surface area contributed by atoms with Crippen LogP contribution >= 0.6 is 12.2 Å². The van der Waals surface area contributed by atoms with Crippen molar-refractivity contribution in [2.75, 3.05) is 6.54 Å². The van der Waals surface area contributed by atoms with Gasteiger partial charge < -0.3 is 10.6 Å². The zero-order valence-corrected chi connectivity index (χ0v) is 10.9. The molecule has 1 aromatic rings. The van der Waals surface area contributed by atoms with Crippen LogP contribution in [0, 0.1) is 12.8 Å². The Bertz CT molecular complexity index is 333. The molecule has 4 heteroatoms. The molecule has 0 saturated carbocycles. The van der Waals surface area contributed by atoms with Crippen LogP contribution in [0.5, 0.6) is 0 Å². The molecule has 0 aliphatic carbocycles. The molecule has 0 saturated heterocycles. The average Bonchev–Trinajstić information content (AvgIpc) is 2.25. The largest absolute Gasteiger partial charge is 0.362 e. The number of thiocarbonyl (C=S) groups is 1. The normalized spacial score (nSPS) is 10.2. The zero-order valence-electron chi connectivity index (χ0n) is 10.1. The maximum atomic E-state index is 5.15. The summed E-state index contributed by atoms with van der Waals surface area (Å²) in [6, 6.07) is 4.06. The maximum absolute atomic E-state index is 5.15. The molecule has 1 aromatic heterocycles. The summed E-state index contributed by atoms with van der Waals surface area (Å²) in [4.78, 5) is 4.23. The molecule has 0 aliphatic rings. The molecule has 0 amide bonds. The second-order valence-electron chi connectivity index (χ2n) is 4.27. The Labute approximate surface area is 103 Å². The molecule has 3 nitrogen and oxygen atoms in total. The molecule has 16 heavy (non-hydrogen) atoms. The van der Waals surface area contributed by atoms with E-state index in [1.54, 1.807) is 0 Å². The van der Waals surface area contributed by atoms with Crippen LogP contribution in [-0.2, 0) is 6.54 Å². The predicted molar refractivity (Wildman–Crippen MR) is 71.3 cm³/mol. The van der Waals surface area contributed by atoms with Crippen molar-refractivity contribution in [3.05, 3.63) is 29.6 Å². The summed E-state index contributed by atoms with van der Waals surface area (Å²) in [5.41, 5.74) is 2.17. The summed E-state index contributed by atoms with van der Waals surface area (Å²) in [6.07, 6.45) is 1.87. The fourth-order valence-corrected chi connectivity index (χ4v) is 1.30. The smallest absolute Gasteiger partial charge is 0.166 e. The second-order valence-corrected chi connectivity index (χ2v) is 4.67. The predicted octanol–water partition coefficient (Wildman–Crippen LogP) is 2.01. The molecule has 0 bridgehead atoms. The van der Waals surface area contributed by atoms with E-state index in [-0.39, 0.29) is 0 Å². The number of pyridine rings is 1. The summed E-state index contributed by atoms with van der Waals surface area (Å²) in [5.74, 6) is 0.598. The first-order chi connectivity index (χ1) is 7.58. The second kappa shape index (κ2) is 6.43. The fraction of sp³-hybridized carbons (Fsp3) is 0.500. The third-order valence-electron chi connectivity index (χ3n) is 2.10. The van der Waals surface area contributed by atoms with E-state index < -0.39 is 0 Å². The van der Waals surface area contributed by atoms with Gasteiger partial charge in [-0.25, -0.2) is 0 Å². The number of aryl methyl sites for hydroxylation is 1. The molecule has 0 spiro atoms. The Balaban J connectivity index is 2.29. The van der Waals surface area contributed by atoms with Gasteiger partial charge in [-0.3, -0.25) is 4.98 Å². The molecule has 0 fully saturated rings. The topological polar surface area (TPSA) is 37.0 Å². The summed E-state index contributed by atoms with van der Waals surface area (Å²) in [7, 11) is 0. The number of hydrogen-bond acceptors (Lipinski definition) is 2. The standard InChI is InChI=1S/C12H19N3S/c1-9(2)6-14-12(16)15-8-11-5-4-10(3)13-7-11/h4-5,7,9H,6,8H2,1-3H3,(H2,14,15,16). The van der Waals surface area contributed by atoms with E-state index in [0.29, 0.717) is 11.0 Å². The third-order valence-corrected chi connectivity index (χ3v) is 2.39. The molecule has 0 unspecified atom stereocenters. The van der Waals surface area contributed by atoms with Gasteiger partial charge in [0.2, 0.25) is 0 Å². The molecular weight excluding hydrogens is 218 g/mol. The molecule has 2 N–H and O–H groups in total. The molecule has 1 rings (SSSR count). The molecule has 88 valence electrons. The summed E-state index contributed by atoms with van der Waals surface area (Å²) >= 11 is 5.15. The van der Waals surface area contributed by atoms with Crippen molar-refractivity contribution in [1.29, 1.82) is 0 Å². The van der Waals surface area contributed by atoms with Gasteiger partial charge in [0.1, 0.15) is 0 Å². The van der Waals surface area contributed by atoms with Crippen LogP contribution in [-0.4, -0.2) is 16.6 Å². The third kappa shape index (κ3) is 5.07. The highest BCUT2D eigenvalue weighted by Gasteiger charge is 1.98. The van der Waals surface area contributed by atoms with Gasteiger partial charge in [0.25, 0.3) is 0 Å². The van der Waals surface area contributed by atoms with Gasteiger partial charge in [0, 0.05) is 25.0 Å². The van der Waals surface area contributed by atoms with Crippen molar-refractivity contribution in [2.45, 2.75) is 27.3 Å². The molecule has 0 aliphatic heterocycles. The van der Waals surface area contributed by atoms with Gasteiger partial charge in [-0.1, -0.05) is 19.9 Å². The lowest BCUT2D eigenvalue weighted by Crippen LogP contribution is -2.36. The first-order valence-electron chi connectivity index (χ1n) is 5.51. The van der Waals surface area contributed by atoms with E-state index in [2.05, 4.69) is 35.5 Å². The summed E-state index contributed by atoms with van der Waals surface area (Å²) < 4.78 is 0. The van der Waals surface area contributed by atoms with Crippen LogP contribution in [0.2, 0.25) is 0 Å². The van der Waals surface area contributed by atoms with Crippen molar-refractivity contribution in [3.8, 4) is 0 Å². The lowest BCUT2D eigenvalue weighted by molar-refractivity contribution is 0.619. The van der Waals surface area contributed by atoms with Crippen molar-refractivity contribution < 1.29 is 0 Å². The Morgan fingerprint density at radius 1 is 1.38 bits per heavy atom. The van der Waals surface area contributed by atoms with Crippen LogP contribution in [0.4, 0.5) is 0 Å². The van der Waals surface area contributed by atoms with Gasteiger partial charge in [-0.2, -0.15) is 0 Å². The van der Waals surface area contributed by atoms with Gasteiger partial charge in [0.15, 0.2) is 5.11 Å². The first-order valence-corrected chi connectivity index (χ1v) is 5.92. The van der Waals surface area contributed by atoms with E-state index in [1.807, 2.05) is 19.2 Å². The van der Waals surface area contributed by atoms with Crippen LogP contribution in [0.15, 0.2) is 18.3 Å². The lowest BCUT2D eigenvalue weighted by Gasteiger charge is -2.12. The first kappa shape index (κ1) is 12.9. The number of rotatable bonds is 4. The summed E-state index contributed by atoms with van der Waals surface area (Å²) in [6.45, 7) is 7.90. The SMILES string of the molecule is Cc1ccc(CNC(=S)NCC(C)C)cn1. The van der Waals surface area contributed by atoms with E-state index in [4.69, 9.17) is 12.2 Å². The minimum Gasteiger partial charge on any atom is -0.362 e. The van der Waals surface area contributed by atoms with Gasteiger partial charge in [-0.05, 0) is 36.7 Å². The Morgan fingerprint density at radius 2 is 2.12 bits per heavy atom. The van der Waals surface area contributed by atoms with Crippen molar-refractivity contribution in [1.82, 2.24) is 15.6 Å². The van der Waals surface area contributed by atoms with Crippen LogP contribution in [0.1, 0.15) is 25.1 Å². The van der Waals surface area contributed by atoms with Crippen molar-refractivity contribution in [2.24, 2.45) is 5.92 Å². The Morgan fingerprint density at radius 3 is 2.69 bits per heavy atom. The maximum Gasteiger partial charge on any atom is 0.166 e. The van der Waals surface area contributed by atoms with E-state index in [0.717, 1.165) is 24.3 Å². The van der Waals surface area contributed by atoms with Crippen LogP contribution in [0.3, 0.4) is 0 Å². The van der Waals surface area contributed by atoms with E-state index in [1.165, 1.54) is 0 Å². The van der Waals surface area contributed by atoms with Gasteiger partial charge in [0.05, 0.1) is 0 Å². The quantitative estimate of drug-likeness (QED) is 0.786. The van der Waals surface area contributed by atoms with Crippen LogP contribution in [0.25, 0.3) is 0 Å². The van der Waals surface area contributed by atoms with Gasteiger partial charge in [-0.15, -0.1) is 0 Å². The average molecular weight is 237 g/mol. The highest BCUT2D eigenvalue weighted by Crippen LogP contribution is 1.98. The number of nitrogens with one attached hydrogen (secondary N) is 2. The molecule has 0 atom stereocenters. The zero-order chi connectivity index (χ0) is 12.0. The molecule has 0 aromatic carbocycles. The van der Waals surface area contributed by atoms with E-state index >= 15 is 0 Å². The highest BCUT2D eigenvalue weighted by atomic mass is 32.1. The van der Waals surface area contributed by atoms with Crippen LogP contribution < -0.4 is 10.6 Å². The fourth-order valence-electron chi connectivity index (χ4n) is 1.14. The highest BCUT2D eigenvalue weighted by molar-refractivity contribution is 7.80. The number of nitrogens with zero attached hydrogens (tertiary/aromatic N) is 1. The number of hydrogen-bond donors (Lipinski definition) is 2. The van der Waals surface area contributed by atoms with Gasteiger partial charge >= 0.3 is 0 Å². The lowest BCUT2D eigenvalue weighted by atomic mass is 10.2. The minimum absolute atomic E-state index is 0.598. The van der Waals surface area contributed by atoms with Crippen molar-refractivity contribution in [3.63, 3.8) is 0 Å². The number of aromatic nitrogens is 1. The van der Waals surface area contributed by atoms with E-state index in [9.17, 15) is 0 Å².